The molecule has 1 heterocycles. The first-order chi connectivity index (χ1) is 12.3. The Morgan fingerprint density at radius 1 is 1.04 bits per heavy atom. The summed E-state index contributed by atoms with van der Waals surface area (Å²) in [6, 6.07) is 18.7. The molecule has 0 aliphatic rings. The third kappa shape index (κ3) is 4.53. The summed E-state index contributed by atoms with van der Waals surface area (Å²) in [4.78, 5) is 6.68. The second-order valence-electron chi connectivity index (χ2n) is 5.89. The molecule has 0 unspecified atom stereocenters. The van der Waals surface area contributed by atoms with Crippen LogP contribution in [-0.2, 0) is 6.42 Å². The minimum atomic E-state index is 0.609. The van der Waals surface area contributed by atoms with E-state index in [-0.39, 0.29) is 0 Å². The molecule has 3 aromatic rings. The Bertz CT molecular complexity index is 804. The zero-order valence-electron chi connectivity index (χ0n) is 14.7. The van der Waals surface area contributed by atoms with Crippen molar-refractivity contribution in [2.45, 2.75) is 20.3 Å². The molecule has 1 aromatic heterocycles. The molecular weight excluding hydrogens is 310 g/mol. The van der Waals surface area contributed by atoms with Crippen molar-refractivity contribution in [3.63, 3.8) is 0 Å². The molecule has 0 bridgehead atoms. The average molecular weight is 333 g/mol. The number of hydrogen-bond acceptors (Lipinski definition) is 5. The van der Waals surface area contributed by atoms with Crippen molar-refractivity contribution >= 4 is 17.5 Å². The van der Waals surface area contributed by atoms with Gasteiger partial charge in [-0.3, -0.25) is 0 Å². The van der Waals surface area contributed by atoms with E-state index in [1.54, 1.807) is 6.20 Å². The van der Waals surface area contributed by atoms with Crippen molar-refractivity contribution in [1.82, 2.24) is 15.2 Å². The number of benzene rings is 2. The second-order valence-corrected chi connectivity index (χ2v) is 5.89. The normalized spacial score (nSPS) is 10.5. The summed E-state index contributed by atoms with van der Waals surface area (Å²) in [6.07, 6.45) is 2.61. The van der Waals surface area contributed by atoms with Gasteiger partial charge in [-0.1, -0.05) is 42.5 Å². The van der Waals surface area contributed by atoms with E-state index in [9.17, 15) is 0 Å². The molecule has 0 saturated heterocycles. The van der Waals surface area contributed by atoms with Gasteiger partial charge < -0.3 is 10.2 Å². The van der Waals surface area contributed by atoms with Crippen molar-refractivity contribution in [2.24, 2.45) is 0 Å². The third-order valence-corrected chi connectivity index (χ3v) is 3.98. The van der Waals surface area contributed by atoms with Crippen LogP contribution in [0.3, 0.4) is 0 Å². The molecule has 2 aromatic carbocycles. The first-order valence-corrected chi connectivity index (χ1v) is 8.58. The zero-order valence-corrected chi connectivity index (χ0v) is 14.7. The Balaban J connectivity index is 1.69. The molecule has 1 N–H and O–H groups in total. The predicted octanol–water partition coefficient (Wildman–Crippen LogP) is 3.99. The van der Waals surface area contributed by atoms with E-state index in [1.165, 1.54) is 11.1 Å². The standard InChI is InChI=1S/C20H23N5/c1-3-25(18-11-7-8-16(2)14-18)20-23-19(15-22-24-20)21-13-12-17-9-5-4-6-10-17/h4-11,14-15H,3,12-13H2,1-2H3,(H,21,23,24). The Hall–Kier alpha value is -2.95. The minimum Gasteiger partial charge on any atom is -0.368 e. The predicted molar refractivity (Wildman–Crippen MR) is 102 cm³/mol. The van der Waals surface area contributed by atoms with Gasteiger partial charge >= 0.3 is 0 Å². The van der Waals surface area contributed by atoms with Crippen LogP contribution in [0, 0.1) is 6.92 Å². The van der Waals surface area contributed by atoms with Crippen molar-refractivity contribution in [3.8, 4) is 0 Å². The average Bonchev–Trinajstić information content (AvgIpc) is 2.64. The summed E-state index contributed by atoms with van der Waals surface area (Å²) >= 11 is 0. The lowest BCUT2D eigenvalue weighted by Gasteiger charge is -2.21. The SMILES string of the molecule is CCN(c1cccc(C)c1)c1nncc(NCCc2ccccc2)n1. The molecule has 128 valence electrons. The minimum absolute atomic E-state index is 0.609. The third-order valence-electron chi connectivity index (χ3n) is 3.98. The molecule has 0 radical (unpaired) electrons. The van der Waals surface area contributed by atoms with E-state index < -0.39 is 0 Å². The monoisotopic (exact) mass is 333 g/mol. The van der Waals surface area contributed by atoms with Crippen LogP contribution in [0.15, 0.2) is 60.8 Å². The van der Waals surface area contributed by atoms with Gasteiger partial charge in [-0.2, -0.15) is 10.1 Å². The highest BCUT2D eigenvalue weighted by atomic mass is 15.3. The number of aromatic nitrogens is 3. The van der Waals surface area contributed by atoms with E-state index >= 15 is 0 Å². The van der Waals surface area contributed by atoms with Crippen LogP contribution in [-0.4, -0.2) is 28.3 Å². The van der Waals surface area contributed by atoms with Gasteiger partial charge in [0, 0.05) is 18.8 Å². The maximum atomic E-state index is 4.62. The zero-order chi connectivity index (χ0) is 17.5. The van der Waals surface area contributed by atoms with Gasteiger partial charge in [0.05, 0.1) is 6.20 Å². The number of rotatable bonds is 7. The molecule has 5 nitrogen and oxygen atoms in total. The van der Waals surface area contributed by atoms with Gasteiger partial charge in [0.25, 0.3) is 5.95 Å². The summed E-state index contributed by atoms with van der Waals surface area (Å²) < 4.78 is 0. The molecule has 0 saturated carbocycles. The highest BCUT2D eigenvalue weighted by molar-refractivity contribution is 5.58. The van der Waals surface area contributed by atoms with E-state index in [0.717, 1.165) is 31.0 Å². The van der Waals surface area contributed by atoms with Crippen molar-refractivity contribution in [1.29, 1.82) is 0 Å². The van der Waals surface area contributed by atoms with Gasteiger partial charge in [-0.05, 0) is 43.5 Å². The highest BCUT2D eigenvalue weighted by Crippen LogP contribution is 2.22. The number of anilines is 3. The van der Waals surface area contributed by atoms with Crippen LogP contribution in [0.2, 0.25) is 0 Å². The molecule has 0 spiro atoms. The fourth-order valence-electron chi connectivity index (χ4n) is 2.71. The molecule has 0 aliphatic carbocycles. The second kappa shape index (κ2) is 8.24. The number of nitrogens with zero attached hydrogens (tertiary/aromatic N) is 4. The van der Waals surface area contributed by atoms with Crippen LogP contribution in [0.25, 0.3) is 0 Å². The van der Waals surface area contributed by atoms with Gasteiger partial charge in [-0.15, -0.1) is 5.10 Å². The van der Waals surface area contributed by atoms with Gasteiger partial charge in [0.15, 0.2) is 5.82 Å². The van der Waals surface area contributed by atoms with Crippen LogP contribution in [0.5, 0.6) is 0 Å². The molecule has 0 atom stereocenters. The Morgan fingerprint density at radius 2 is 1.88 bits per heavy atom. The Morgan fingerprint density at radius 3 is 2.64 bits per heavy atom. The molecule has 0 aliphatic heterocycles. The molecular formula is C20H23N5. The van der Waals surface area contributed by atoms with E-state index in [4.69, 9.17) is 0 Å². The lowest BCUT2D eigenvalue weighted by atomic mass is 10.1. The lowest BCUT2D eigenvalue weighted by molar-refractivity contribution is 0.878. The van der Waals surface area contributed by atoms with Crippen LogP contribution < -0.4 is 10.2 Å². The highest BCUT2D eigenvalue weighted by Gasteiger charge is 2.11. The van der Waals surface area contributed by atoms with Gasteiger partial charge in [0.2, 0.25) is 0 Å². The molecule has 5 heteroatoms. The first-order valence-electron chi connectivity index (χ1n) is 8.58. The number of aryl methyl sites for hydroxylation is 1. The summed E-state index contributed by atoms with van der Waals surface area (Å²) in [5, 5.41) is 11.7. The fraction of sp³-hybridized carbons (Fsp3) is 0.250. The van der Waals surface area contributed by atoms with Crippen molar-refractivity contribution < 1.29 is 0 Å². The lowest BCUT2D eigenvalue weighted by Crippen LogP contribution is -2.20. The van der Waals surface area contributed by atoms with Crippen molar-refractivity contribution in [3.05, 3.63) is 71.9 Å². The Kier molecular flexibility index (Phi) is 5.57. The Labute approximate surface area is 148 Å². The number of hydrogen-bond donors (Lipinski definition) is 1. The maximum absolute atomic E-state index is 4.62. The van der Waals surface area contributed by atoms with Crippen molar-refractivity contribution in [2.75, 3.05) is 23.3 Å². The maximum Gasteiger partial charge on any atom is 0.251 e. The quantitative estimate of drug-likeness (QED) is 0.708. The fourth-order valence-corrected chi connectivity index (χ4v) is 2.71. The van der Waals surface area contributed by atoms with E-state index in [2.05, 4.69) is 81.7 Å². The molecule has 0 amide bonds. The smallest absolute Gasteiger partial charge is 0.251 e. The summed E-state index contributed by atoms with van der Waals surface area (Å²) in [5.41, 5.74) is 3.58. The van der Waals surface area contributed by atoms with E-state index in [1.807, 2.05) is 12.1 Å². The molecule has 25 heavy (non-hydrogen) atoms. The largest absolute Gasteiger partial charge is 0.368 e. The van der Waals surface area contributed by atoms with Crippen LogP contribution >= 0.6 is 0 Å². The van der Waals surface area contributed by atoms with Crippen LogP contribution in [0.1, 0.15) is 18.1 Å². The summed E-state index contributed by atoms with van der Waals surface area (Å²) in [6.45, 7) is 5.75. The van der Waals surface area contributed by atoms with Gasteiger partial charge in [0.1, 0.15) is 0 Å². The topological polar surface area (TPSA) is 53.9 Å². The van der Waals surface area contributed by atoms with Gasteiger partial charge in [-0.25, -0.2) is 0 Å². The molecule has 3 rings (SSSR count). The summed E-state index contributed by atoms with van der Waals surface area (Å²) in [7, 11) is 0. The first kappa shape index (κ1) is 16.9. The molecule has 0 fully saturated rings. The van der Waals surface area contributed by atoms with Crippen LogP contribution in [0.4, 0.5) is 17.5 Å². The van der Waals surface area contributed by atoms with E-state index in [0.29, 0.717) is 5.95 Å². The number of nitrogens with one attached hydrogen (secondary N) is 1. The summed E-state index contributed by atoms with van der Waals surface area (Å²) in [5.74, 6) is 1.35.